The minimum absolute atomic E-state index is 0.623. The zero-order valence-corrected chi connectivity index (χ0v) is 8.88. The summed E-state index contributed by atoms with van der Waals surface area (Å²) in [6, 6.07) is 7.62. The van der Waals surface area contributed by atoms with Crippen LogP contribution in [0.15, 0.2) is 23.1 Å². The van der Waals surface area contributed by atoms with E-state index in [0.29, 0.717) is 9.90 Å². The Morgan fingerprint density at radius 3 is 2.92 bits per heavy atom. The molecule has 1 nitrogen and oxygen atoms in total. The van der Waals surface area contributed by atoms with Gasteiger partial charge in [0.2, 0.25) is 0 Å². The van der Waals surface area contributed by atoms with Gasteiger partial charge in [0.05, 0.1) is 5.02 Å². The average molecular weight is 226 g/mol. The minimum atomic E-state index is 0.623. The van der Waals surface area contributed by atoms with E-state index < -0.39 is 0 Å². The molecule has 4 heteroatoms. The Hall–Kier alpha value is -0.690. The van der Waals surface area contributed by atoms with Gasteiger partial charge in [-0.1, -0.05) is 11.6 Å². The Balaban J connectivity index is 2.86. The number of thiophene rings is 1. The summed E-state index contributed by atoms with van der Waals surface area (Å²) in [4.78, 5) is 1.43. The van der Waals surface area contributed by atoms with Gasteiger partial charge in [0, 0.05) is 15.0 Å². The lowest BCUT2D eigenvalue weighted by molar-refractivity contribution is 1.52. The van der Waals surface area contributed by atoms with Gasteiger partial charge >= 0.3 is 0 Å². The molecule has 2 aromatic rings. The highest BCUT2D eigenvalue weighted by Gasteiger charge is 2.06. The van der Waals surface area contributed by atoms with E-state index in [9.17, 15) is 0 Å². The molecule has 0 unspecified atom stereocenters. The summed E-state index contributed by atoms with van der Waals surface area (Å²) in [5.74, 6) is 0. The first-order chi connectivity index (χ1) is 6.22. The quantitative estimate of drug-likeness (QED) is 0.679. The van der Waals surface area contributed by atoms with Crippen LogP contribution in [0.25, 0.3) is 10.1 Å². The molecule has 0 atom stereocenters. The fourth-order valence-electron chi connectivity index (χ4n) is 1.13. The van der Waals surface area contributed by atoms with Gasteiger partial charge in [-0.2, -0.15) is 5.26 Å². The standard InChI is InChI=1S/C9H4ClNS2/c10-7-1-2-8-6(9(7)12)3-5(4-11)13-8/h1-3,12H. The topological polar surface area (TPSA) is 23.8 Å². The Morgan fingerprint density at radius 2 is 2.23 bits per heavy atom. The van der Waals surface area contributed by atoms with Crippen LogP contribution in [0.5, 0.6) is 0 Å². The van der Waals surface area contributed by atoms with Crippen LogP contribution in [0, 0.1) is 11.3 Å². The number of hydrogen-bond acceptors (Lipinski definition) is 3. The van der Waals surface area contributed by atoms with E-state index >= 15 is 0 Å². The number of thiol groups is 1. The Labute approximate surface area is 90.0 Å². The van der Waals surface area contributed by atoms with Gasteiger partial charge in [0.25, 0.3) is 0 Å². The van der Waals surface area contributed by atoms with Crippen molar-refractivity contribution in [3.63, 3.8) is 0 Å². The van der Waals surface area contributed by atoms with Crippen LogP contribution in [-0.2, 0) is 0 Å². The SMILES string of the molecule is N#Cc1cc2c(S)c(Cl)ccc2s1. The maximum absolute atomic E-state index is 8.70. The van der Waals surface area contributed by atoms with Crippen molar-refractivity contribution in [2.24, 2.45) is 0 Å². The molecule has 0 fully saturated rings. The van der Waals surface area contributed by atoms with E-state index in [1.54, 1.807) is 6.07 Å². The summed E-state index contributed by atoms with van der Waals surface area (Å²) in [5, 5.41) is 10.3. The molecule has 1 aromatic carbocycles. The normalized spacial score (nSPS) is 10.2. The van der Waals surface area contributed by atoms with E-state index in [-0.39, 0.29) is 0 Å². The highest BCUT2D eigenvalue weighted by atomic mass is 35.5. The van der Waals surface area contributed by atoms with Gasteiger partial charge in [-0.05, 0) is 18.2 Å². The molecule has 0 N–H and O–H groups in total. The van der Waals surface area contributed by atoms with Crippen molar-refractivity contribution >= 4 is 45.7 Å². The van der Waals surface area contributed by atoms with Crippen LogP contribution >= 0.6 is 35.6 Å². The van der Waals surface area contributed by atoms with Crippen molar-refractivity contribution < 1.29 is 0 Å². The lowest BCUT2D eigenvalue weighted by Gasteiger charge is -1.96. The molecule has 0 aliphatic heterocycles. The van der Waals surface area contributed by atoms with Crippen LogP contribution in [0.1, 0.15) is 4.88 Å². The number of hydrogen-bond donors (Lipinski definition) is 1. The second kappa shape index (κ2) is 3.22. The number of fused-ring (bicyclic) bond motifs is 1. The van der Waals surface area contributed by atoms with Crippen molar-refractivity contribution in [1.29, 1.82) is 5.26 Å². The van der Waals surface area contributed by atoms with Crippen LogP contribution in [0.2, 0.25) is 5.02 Å². The third kappa shape index (κ3) is 1.42. The first-order valence-electron chi connectivity index (χ1n) is 3.53. The number of nitriles is 1. The molecule has 2 rings (SSSR count). The van der Waals surface area contributed by atoms with E-state index in [4.69, 9.17) is 16.9 Å². The summed E-state index contributed by atoms with van der Waals surface area (Å²) < 4.78 is 1.05. The molecular weight excluding hydrogens is 222 g/mol. The van der Waals surface area contributed by atoms with E-state index in [1.807, 2.05) is 12.1 Å². The largest absolute Gasteiger partial charge is 0.192 e. The van der Waals surface area contributed by atoms with Gasteiger partial charge in [-0.25, -0.2) is 0 Å². The van der Waals surface area contributed by atoms with Gasteiger partial charge < -0.3 is 0 Å². The highest BCUT2D eigenvalue weighted by Crippen LogP contribution is 2.34. The fraction of sp³-hybridized carbons (Fsp3) is 0. The number of nitrogens with zero attached hydrogens (tertiary/aromatic N) is 1. The second-order valence-corrected chi connectivity index (χ2v) is 4.47. The molecule has 1 aromatic heterocycles. The fourth-order valence-corrected chi connectivity index (χ4v) is 2.49. The van der Waals surface area contributed by atoms with Gasteiger partial charge in [0.1, 0.15) is 10.9 Å². The monoisotopic (exact) mass is 225 g/mol. The van der Waals surface area contributed by atoms with Crippen molar-refractivity contribution in [3.8, 4) is 6.07 Å². The zero-order chi connectivity index (χ0) is 9.42. The second-order valence-electron chi connectivity index (χ2n) is 2.53. The predicted molar refractivity (Wildman–Crippen MR) is 58.8 cm³/mol. The summed E-state index contributed by atoms with van der Waals surface area (Å²) in [7, 11) is 0. The molecule has 0 aliphatic carbocycles. The average Bonchev–Trinajstić information content (AvgIpc) is 2.55. The Kier molecular flexibility index (Phi) is 2.20. The van der Waals surface area contributed by atoms with Crippen molar-refractivity contribution in [2.75, 3.05) is 0 Å². The lowest BCUT2D eigenvalue weighted by Crippen LogP contribution is -1.69. The van der Waals surface area contributed by atoms with Crippen LogP contribution in [-0.4, -0.2) is 0 Å². The minimum Gasteiger partial charge on any atom is -0.192 e. The van der Waals surface area contributed by atoms with Crippen LogP contribution in [0.3, 0.4) is 0 Å². The van der Waals surface area contributed by atoms with Crippen molar-refractivity contribution in [1.82, 2.24) is 0 Å². The summed E-state index contributed by atoms with van der Waals surface area (Å²) in [5.41, 5.74) is 0. The van der Waals surface area contributed by atoms with Gasteiger partial charge in [0.15, 0.2) is 0 Å². The van der Waals surface area contributed by atoms with E-state index in [0.717, 1.165) is 15.0 Å². The smallest absolute Gasteiger partial charge is 0.110 e. The number of benzene rings is 1. The molecular formula is C9H4ClNS2. The van der Waals surface area contributed by atoms with Crippen LogP contribution < -0.4 is 0 Å². The van der Waals surface area contributed by atoms with Gasteiger partial charge in [-0.15, -0.1) is 24.0 Å². The molecule has 0 radical (unpaired) electrons. The highest BCUT2D eigenvalue weighted by molar-refractivity contribution is 7.80. The van der Waals surface area contributed by atoms with Crippen molar-refractivity contribution in [2.45, 2.75) is 4.90 Å². The number of halogens is 1. The van der Waals surface area contributed by atoms with E-state index in [1.165, 1.54) is 11.3 Å². The maximum atomic E-state index is 8.70. The lowest BCUT2D eigenvalue weighted by atomic mass is 10.2. The Morgan fingerprint density at radius 1 is 1.46 bits per heavy atom. The van der Waals surface area contributed by atoms with Gasteiger partial charge in [-0.3, -0.25) is 0 Å². The van der Waals surface area contributed by atoms with Crippen LogP contribution in [0.4, 0.5) is 0 Å². The predicted octanol–water partition coefficient (Wildman–Crippen LogP) is 3.72. The summed E-state index contributed by atoms with van der Waals surface area (Å²) in [6.07, 6.45) is 0. The first kappa shape index (κ1) is 8.89. The molecule has 0 amide bonds. The van der Waals surface area contributed by atoms with Crippen molar-refractivity contribution in [3.05, 3.63) is 28.1 Å². The molecule has 0 aliphatic rings. The molecule has 13 heavy (non-hydrogen) atoms. The molecule has 0 spiro atoms. The third-order valence-electron chi connectivity index (χ3n) is 1.73. The Bertz CT molecular complexity index is 510. The summed E-state index contributed by atoms with van der Waals surface area (Å²) in [6.45, 7) is 0. The van der Waals surface area contributed by atoms with E-state index in [2.05, 4.69) is 18.7 Å². The zero-order valence-electron chi connectivity index (χ0n) is 6.41. The molecule has 1 heterocycles. The molecule has 64 valence electrons. The first-order valence-corrected chi connectivity index (χ1v) is 5.17. The number of rotatable bonds is 0. The molecule has 0 saturated carbocycles. The maximum Gasteiger partial charge on any atom is 0.110 e. The summed E-state index contributed by atoms with van der Waals surface area (Å²) >= 11 is 11.6. The molecule has 0 saturated heterocycles. The molecule has 0 bridgehead atoms. The third-order valence-corrected chi connectivity index (χ3v) is 3.67.